The van der Waals surface area contributed by atoms with Crippen LogP contribution in [-0.4, -0.2) is 24.0 Å². The van der Waals surface area contributed by atoms with E-state index in [9.17, 15) is 4.79 Å². The van der Waals surface area contributed by atoms with Crippen LogP contribution in [0.2, 0.25) is 0 Å². The first-order valence-electron chi connectivity index (χ1n) is 6.89. The second-order valence-corrected chi connectivity index (χ2v) is 4.93. The number of nitrogens with zero attached hydrogens (tertiary/aromatic N) is 2. The van der Waals surface area contributed by atoms with E-state index in [0.717, 1.165) is 18.8 Å². The summed E-state index contributed by atoms with van der Waals surface area (Å²) in [5.74, 6) is -0.106. The van der Waals surface area contributed by atoms with Gasteiger partial charge >= 0.3 is 0 Å². The lowest BCUT2D eigenvalue weighted by molar-refractivity contribution is 0.102. The topological polar surface area (TPSA) is 45.2 Å². The van der Waals surface area contributed by atoms with Crippen molar-refractivity contribution in [3.05, 3.63) is 54.4 Å². The van der Waals surface area contributed by atoms with Crippen LogP contribution < -0.4 is 10.2 Å². The van der Waals surface area contributed by atoms with Crippen molar-refractivity contribution in [2.24, 2.45) is 0 Å². The molecule has 4 nitrogen and oxygen atoms in total. The van der Waals surface area contributed by atoms with Crippen molar-refractivity contribution < 1.29 is 4.79 Å². The number of aromatic nitrogens is 1. The molecule has 0 unspecified atom stereocenters. The van der Waals surface area contributed by atoms with Crippen LogP contribution in [0.4, 0.5) is 11.4 Å². The van der Waals surface area contributed by atoms with Gasteiger partial charge in [-0.05, 0) is 43.2 Å². The molecule has 20 heavy (non-hydrogen) atoms. The number of anilines is 2. The molecule has 1 aromatic heterocycles. The number of benzene rings is 1. The van der Waals surface area contributed by atoms with E-state index in [1.165, 1.54) is 18.5 Å². The summed E-state index contributed by atoms with van der Waals surface area (Å²) >= 11 is 0. The van der Waals surface area contributed by atoms with Crippen molar-refractivity contribution in [2.45, 2.75) is 12.8 Å². The molecule has 1 amide bonds. The highest BCUT2D eigenvalue weighted by molar-refractivity contribution is 6.04. The fourth-order valence-electron chi connectivity index (χ4n) is 2.46. The Labute approximate surface area is 118 Å². The summed E-state index contributed by atoms with van der Waals surface area (Å²) in [4.78, 5) is 18.4. The van der Waals surface area contributed by atoms with E-state index in [4.69, 9.17) is 0 Å². The fourth-order valence-corrected chi connectivity index (χ4v) is 2.46. The minimum absolute atomic E-state index is 0.106. The summed E-state index contributed by atoms with van der Waals surface area (Å²) in [7, 11) is 0. The first-order valence-corrected chi connectivity index (χ1v) is 6.89. The van der Waals surface area contributed by atoms with Crippen LogP contribution in [0.1, 0.15) is 23.2 Å². The van der Waals surface area contributed by atoms with E-state index >= 15 is 0 Å². The lowest BCUT2D eigenvalue weighted by atomic mass is 10.2. The van der Waals surface area contributed by atoms with E-state index in [0.29, 0.717) is 5.56 Å². The third-order valence-electron chi connectivity index (χ3n) is 3.52. The molecule has 3 rings (SSSR count). The average molecular weight is 267 g/mol. The predicted octanol–water partition coefficient (Wildman–Crippen LogP) is 2.93. The van der Waals surface area contributed by atoms with Crippen LogP contribution >= 0.6 is 0 Å². The summed E-state index contributed by atoms with van der Waals surface area (Å²) in [5.41, 5.74) is 2.62. The standard InChI is InChI=1S/C16H17N3O/c20-16(13-6-8-17-9-7-13)18-14-4-3-5-15(12-14)19-10-1-2-11-19/h3-9,12H,1-2,10-11H2,(H,18,20). The van der Waals surface area contributed by atoms with E-state index < -0.39 is 0 Å². The summed E-state index contributed by atoms with van der Waals surface area (Å²) < 4.78 is 0. The largest absolute Gasteiger partial charge is 0.371 e. The molecular weight excluding hydrogens is 250 g/mol. The molecule has 0 bridgehead atoms. The van der Waals surface area contributed by atoms with Gasteiger partial charge in [0.15, 0.2) is 0 Å². The summed E-state index contributed by atoms with van der Waals surface area (Å²) in [6.07, 6.45) is 5.73. The Morgan fingerprint density at radius 1 is 1.10 bits per heavy atom. The van der Waals surface area contributed by atoms with E-state index in [1.54, 1.807) is 24.5 Å². The quantitative estimate of drug-likeness (QED) is 0.930. The number of carbonyl (C=O) groups is 1. The zero-order valence-electron chi connectivity index (χ0n) is 11.2. The minimum Gasteiger partial charge on any atom is -0.371 e. The smallest absolute Gasteiger partial charge is 0.255 e. The molecule has 4 heteroatoms. The van der Waals surface area contributed by atoms with Crippen molar-refractivity contribution in [1.29, 1.82) is 0 Å². The van der Waals surface area contributed by atoms with Gasteiger partial charge in [0.2, 0.25) is 0 Å². The van der Waals surface area contributed by atoms with Gasteiger partial charge in [-0.2, -0.15) is 0 Å². The van der Waals surface area contributed by atoms with Gasteiger partial charge in [0.1, 0.15) is 0 Å². The molecule has 0 spiro atoms. The van der Waals surface area contributed by atoms with Crippen LogP contribution in [0.15, 0.2) is 48.8 Å². The molecule has 1 saturated heterocycles. The number of carbonyl (C=O) groups excluding carboxylic acids is 1. The number of pyridine rings is 1. The molecular formula is C16H17N3O. The maximum Gasteiger partial charge on any atom is 0.255 e. The van der Waals surface area contributed by atoms with Crippen LogP contribution in [-0.2, 0) is 0 Å². The molecule has 1 aromatic carbocycles. The van der Waals surface area contributed by atoms with Crippen molar-refractivity contribution in [2.75, 3.05) is 23.3 Å². The van der Waals surface area contributed by atoms with Gasteiger partial charge in [-0.25, -0.2) is 0 Å². The average Bonchev–Trinajstić information content (AvgIpc) is 3.03. The van der Waals surface area contributed by atoms with Gasteiger partial charge in [0.05, 0.1) is 0 Å². The number of rotatable bonds is 3. The number of hydrogen-bond acceptors (Lipinski definition) is 3. The molecule has 2 aromatic rings. The SMILES string of the molecule is O=C(Nc1cccc(N2CCCC2)c1)c1ccncc1. The van der Waals surface area contributed by atoms with E-state index in [2.05, 4.69) is 21.3 Å². The minimum atomic E-state index is -0.106. The van der Waals surface area contributed by atoms with Crippen LogP contribution in [0.3, 0.4) is 0 Å². The van der Waals surface area contributed by atoms with Gasteiger partial charge in [0.25, 0.3) is 5.91 Å². The zero-order valence-corrected chi connectivity index (χ0v) is 11.2. The molecule has 2 heterocycles. The summed E-state index contributed by atoms with van der Waals surface area (Å²) in [6.45, 7) is 2.20. The first kappa shape index (κ1) is 12.7. The van der Waals surface area contributed by atoms with Crippen LogP contribution in [0.25, 0.3) is 0 Å². The molecule has 1 aliphatic rings. The normalized spacial score (nSPS) is 14.3. The third-order valence-corrected chi connectivity index (χ3v) is 3.52. The number of nitrogens with one attached hydrogen (secondary N) is 1. The molecule has 102 valence electrons. The highest BCUT2D eigenvalue weighted by Gasteiger charge is 2.13. The Hall–Kier alpha value is -2.36. The Morgan fingerprint density at radius 3 is 2.60 bits per heavy atom. The van der Waals surface area contributed by atoms with Gasteiger partial charge in [-0.1, -0.05) is 6.07 Å². The zero-order chi connectivity index (χ0) is 13.8. The molecule has 1 aliphatic heterocycles. The fraction of sp³-hybridized carbons (Fsp3) is 0.250. The predicted molar refractivity (Wildman–Crippen MR) is 80.1 cm³/mol. The second-order valence-electron chi connectivity index (χ2n) is 4.93. The Balaban J connectivity index is 1.74. The molecule has 0 aliphatic carbocycles. The van der Waals surface area contributed by atoms with Crippen molar-refractivity contribution in [1.82, 2.24) is 4.98 Å². The lowest BCUT2D eigenvalue weighted by Crippen LogP contribution is -2.18. The van der Waals surface area contributed by atoms with E-state index in [-0.39, 0.29) is 5.91 Å². The van der Waals surface area contributed by atoms with Gasteiger partial charge < -0.3 is 10.2 Å². The van der Waals surface area contributed by atoms with Crippen LogP contribution in [0.5, 0.6) is 0 Å². The summed E-state index contributed by atoms with van der Waals surface area (Å²) in [6, 6.07) is 11.4. The summed E-state index contributed by atoms with van der Waals surface area (Å²) in [5, 5.41) is 2.93. The van der Waals surface area contributed by atoms with Gasteiger partial charge in [0, 0.05) is 42.4 Å². The second kappa shape index (κ2) is 5.74. The highest BCUT2D eigenvalue weighted by Crippen LogP contribution is 2.23. The Morgan fingerprint density at radius 2 is 1.85 bits per heavy atom. The van der Waals surface area contributed by atoms with Crippen molar-refractivity contribution in [3.63, 3.8) is 0 Å². The molecule has 1 fully saturated rings. The monoisotopic (exact) mass is 267 g/mol. The first-order chi connectivity index (χ1) is 9.83. The third kappa shape index (κ3) is 2.79. The molecule has 0 radical (unpaired) electrons. The molecule has 0 atom stereocenters. The lowest BCUT2D eigenvalue weighted by Gasteiger charge is -2.18. The molecule has 0 saturated carbocycles. The number of hydrogen-bond donors (Lipinski definition) is 1. The van der Waals surface area contributed by atoms with Gasteiger partial charge in [-0.3, -0.25) is 9.78 Å². The Kier molecular flexibility index (Phi) is 3.63. The van der Waals surface area contributed by atoms with Crippen molar-refractivity contribution >= 4 is 17.3 Å². The maximum absolute atomic E-state index is 12.1. The molecule has 1 N–H and O–H groups in total. The Bertz CT molecular complexity index is 592. The van der Waals surface area contributed by atoms with Crippen LogP contribution in [0, 0.1) is 0 Å². The highest BCUT2D eigenvalue weighted by atomic mass is 16.1. The number of amides is 1. The van der Waals surface area contributed by atoms with Gasteiger partial charge in [-0.15, -0.1) is 0 Å². The van der Waals surface area contributed by atoms with E-state index in [1.807, 2.05) is 18.2 Å². The van der Waals surface area contributed by atoms with Crippen molar-refractivity contribution in [3.8, 4) is 0 Å². The maximum atomic E-state index is 12.1.